The molecule has 2 aromatic carbocycles. The number of hydrogen-bond acceptors (Lipinski definition) is 2. The Hall–Kier alpha value is -2.36. The Morgan fingerprint density at radius 2 is 2.00 bits per heavy atom. The highest BCUT2D eigenvalue weighted by atomic mass is 19.1. The molecule has 0 bridgehead atoms. The number of hydrogen-bond donors (Lipinski definition) is 2. The average molecular weight is 269 g/mol. The summed E-state index contributed by atoms with van der Waals surface area (Å²) in [7, 11) is 0. The van der Waals surface area contributed by atoms with Gasteiger partial charge in [-0.2, -0.15) is 5.10 Å². The van der Waals surface area contributed by atoms with E-state index in [0.717, 1.165) is 28.6 Å². The number of aromatic nitrogens is 2. The van der Waals surface area contributed by atoms with Crippen molar-refractivity contribution in [2.75, 3.05) is 5.32 Å². The van der Waals surface area contributed by atoms with E-state index >= 15 is 0 Å². The van der Waals surface area contributed by atoms with Gasteiger partial charge in [-0.3, -0.25) is 5.10 Å². The second kappa shape index (κ2) is 5.33. The molecule has 3 nitrogen and oxygen atoms in total. The lowest BCUT2D eigenvalue weighted by atomic mass is 10.1. The van der Waals surface area contributed by atoms with Gasteiger partial charge in [-0.1, -0.05) is 18.2 Å². The normalized spacial score (nSPS) is 12.5. The number of H-pyrrole nitrogens is 1. The molecule has 1 unspecified atom stereocenters. The summed E-state index contributed by atoms with van der Waals surface area (Å²) in [6.45, 7) is 2.11. The summed E-state index contributed by atoms with van der Waals surface area (Å²) in [5.74, 6) is -0.197. The first-order valence-corrected chi connectivity index (χ1v) is 6.65. The van der Waals surface area contributed by atoms with Crippen molar-refractivity contribution < 1.29 is 4.39 Å². The molecule has 0 radical (unpaired) electrons. The molecule has 1 heterocycles. The molecule has 4 heteroatoms. The lowest BCUT2D eigenvalue weighted by Crippen LogP contribution is -2.18. The number of nitrogens with one attached hydrogen (secondary N) is 2. The van der Waals surface area contributed by atoms with Crippen LogP contribution >= 0.6 is 0 Å². The average Bonchev–Trinajstić information content (AvgIpc) is 2.91. The zero-order valence-corrected chi connectivity index (χ0v) is 11.2. The number of halogens is 1. The monoisotopic (exact) mass is 269 g/mol. The number of benzene rings is 2. The van der Waals surface area contributed by atoms with E-state index in [1.54, 1.807) is 0 Å². The first kappa shape index (κ1) is 12.7. The lowest BCUT2D eigenvalue weighted by Gasteiger charge is -2.16. The summed E-state index contributed by atoms with van der Waals surface area (Å²) in [5.41, 5.74) is 3.20. The minimum absolute atomic E-state index is 0.197. The molecule has 102 valence electrons. The molecule has 2 N–H and O–H groups in total. The first-order valence-electron chi connectivity index (χ1n) is 6.65. The van der Waals surface area contributed by atoms with Crippen LogP contribution in [0.5, 0.6) is 0 Å². The zero-order chi connectivity index (χ0) is 13.9. The van der Waals surface area contributed by atoms with Crippen LogP contribution in [0.4, 0.5) is 10.1 Å². The van der Waals surface area contributed by atoms with Crippen molar-refractivity contribution in [3.8, 4) is 0 Å². The molecule has 0 amide bonds. The van der Waals surface area contributed by atoms with Gasteiger partial charge in [0, 0.05) is 17.1 Å². The summed E-state index contributed by atoms with van der Waals surface area (Å²) >= 11 is 0. The highest BCUT2D eigenvalue weighted by Gasteiger charge is 2.07. The Labute approximate surface area is 116 Å². The molecule has 0 saturated carbocycles. The number of anilines is 1. The third-order valence-corrected chi connectivity index (χ3v) is 3.34. The maximum atomic E-state index is 12.9. The molecular weight excluding hydrogens is 253 g/mol. The van der Waals surface area contributed by atoms with Crippen molar-refractivity contribution in [3.63, 3.8) is 0 Å². The molecule has 0 fully saturated rings. The van der Waals surface area contributed by atoms with Crippen LogP contribution in [0.15, 0.2) is 48.7 Å². The fourth-order valence-electron chi connectivity index (χ4n) is 2.38. The second-order valence-corrected chi connectivity index (χ2v) is 5.01. The van der Waals surface area contributed by atoms with Crippen LogP contribution in [0.3, 0.4) is 0 Å². The SMILES string of the molecule is CC(Cc1ccc(F)cc1)Nc1cccc2[nH]ncc12. The van der Waals surface area contributed by atoms with E-state index in [1.165, 1.54) is 12.1 Å². The van der Waals surface area contributed by atoms with Gasteiger partial charge < -0.3 is 5.32 Å². The molecule has 1 aromatic heterocycles. The predicted molar refractivity (Wildman–Crippen MR) is 79.3 cm³/mol. The van der Waals surface area contributed by atoms with E-state index in [9.17, 15) is 4.39 Å². The molecule has 3 aromatic rings. The largest absolute Gasteiger partial charge is 0.382 e. The van der Waals surface area contributed by atoms with Crippen molar-refractivity contribution in [2.24, 2.45) is 0 Å². The standard InChI is InChI=1S/C16H16FN3/c1-11(9-12-5-7-13(17)8-6-12)19-15-3-2-4-16-14(15)10-18-20-16/h2-8,10-11,19H,9H2,1H3,(H,18,20). The smallest absolute Gasteiger partial charge is 0.123 e. The lowest BCUT2D eigenvalue weighted by molar-refractivity contribution is 0.626. The van der Waals surface area contributed by atoms with E-state index in [0.29, 0.717) is 0 Å². The minimum atomic E-state index is -0.197. The molecule has 20 heavy (non-hydrogen) atoms. The van der Waals surface area contributed by atoms with E-state index in [2.05, 4.69) is 22.4 Å². The molecule has 3 rings (SSSR count). The number of fused-ring (bicyclic) bond motifs is 1. The van der Waals surface area contributed by atoms with Crippen molar-refractivity contribution in [2.45, 2.75) is 19.4 Å². The molecule has 0 aliphatic rings. The molecule has 0 aliphatic carbocycles. The Balaban J connectivity index is 1.74. The van der Waals surface area contributed by atoms with Crippen LogP contribution in [-0.2, 0) is 6.42 Å². The topological polar surface area (TPSA) is 40.7 Å². The highest BCUT2D eigenvalue weighted by molar-refractivity contribution is 5.90. The van der Waals surface area contributed by atoms with Gasteiger partial charge in [-0.15, -0.1) is 0 Å². The predicted octanol–water partition coefficient (Wildman–Crippen LogP) is 3.75. The van der Waals surface area contributed by atoms with E-state index < -0.39 is 0 Å². The van der Waals surface area contributed by atoms with Crippen molar-refractivity contribution in [1.29, 1.82) is 0 Å². The van der Waals surface area contributed by atoms with Crippen LogP contribution in [0.2, 0.25) is 0 Å². The van der Waals surface area contributed by atoms with Crippen LogP contribution in [0.1, 0.15) is 12.5 Å². The van der Waals surface area contributed by atoms with Crippen LogP contribution in [0, 0.1) is 5.82 Å². The van der Waals surface area contributed by atoms with E-state index in [4.69, 9.17) is 0 Å². The zero-order valence-electron chi connectivity index (χ0n) is 11.2. The quantitative estimate of drug-likeness (QED) is 0.757. The van der Waals surface area contributed by atoms with Gasteiger partial charge in [0.05, 0.1) is 11.7 Å². The Morgan fingerprint density at radius 1 is 1.20 bits per heavy atom. The maximum Gasteiger partial charge on any atom is 0.123 e. The molecular formula is C16H16FN3. The van der Waals surface area contributed by atoms with Crippen molar-refractivity contribution in [3.05, 3.63) is 60.0 Å². The van der Waals surface area contributed by atoms with Crippen LogP contribution in [-0.4, -0.2) is 16.2 Å². The molecule has 1 atom stereocenters. The molecule has 0 aliphatic heterocycles. The van der Waals surface area contributed by atoms with Crippen molar-refractivity contribution >= 4 is 16.6 Å². The maximum absolute atomic E-state index is 12.9. The third-order valence-electron chi connectivity index (χ3n) is 3.34. The Bertz CT molecular complexity index is 703. The molecule has 0 spiro atoms. The number of rotatable bonds is 4. The van der Waals surface area contributed by atoms with Crippen molar-refractivity contribution in [1.82, 2.24) is 10.2 Å². The van der Waals surface area contributed by atoms with Crippen LogP contribution in [0.25, 0.3) is 10.9 Å². The summed E-state index contributed by atoms with van der Waals surface area (Å²) < 4.78 is 12.9. The van der Waals surface area contributed by atoms with E-state index in [1.807, 2.05) is 36.5 Å². The summed E-state index contributed by atoms with van der Waals surface area (Å²) in [5, 5.41) is 11.6. The van der Waals surface area contributed by atoms with Gasteiger partial charge in [-0.25, -0.2) is 4.39 Å². The minimum Gasteiger partial charge on any atom is -0.382 e. The fourth-order valence-corrected chi connectivity index (χ4v) is 2.38. The summed E-state index contributed by atoms with van der Waals surface area (Å²) in [4.78, 5) is 0. The van der Waals surface area contributed by atoms with Gasteiger partial charge in [0.15, 0.2) is 0 Å². The second-order valence-electron chi connectivity index (χ2n) is 5.01. The van der Waals surface area contributed by atoms with Gasteiger partial charge in [0.1, 0.15) is 5.82 Å². The summed E-state index contributed by atoms with van der Waals surface area (Å²) in [6, 6.07) is 12.9. The summed E-state index contributed by atoms with van der Waals surface area (Å²) in [6.07, 6.45) is 2.66. The number of aromatic amines is 1. The van der Waals surface area contributed by atoms with Gasteiger partial charge in [-0.05, 0) is 43.2 Å². The molecule has 0 saturated heterocycles. The first-order chi connectivity index (χ1) is 9.72. The highest BCUT2D eigenvalue weighted by Crippen LogP contribution is 2.22. The van der Waals surface area contributed by atoms with Gasteiger partial charge in [0.25, 0.3) is 0 Å². The fraction of sp³-hybridized carbons (Fsp3) is 0.188. The number of nitrogens with zero attached hydrogens (tertiary/aromatic N) is 1. The van der Waals surface area contributed by atoms with Crippen LogP contribution < -0.4 is 5.32 Å². The van der Waals surface area contributed by atoms with E-state index in [-0.39, 0.29) is 11.9 Å². The van der Waals surface area contributed by atoms with Gasteiger partial charge >= 0.3 is 0 Å². The Kier molecular flexibility index (Phi) is 3.37. The van der Waals surface area contributed by atoms with Gasteiger partial charge in [0.2, 0.25) is 0 Å². The third kappa shape index (κ3) is 2.64. The Morgan fingerprint density at radius 3 is 2.80 bits per heavy atom.